The maximum Gasteiger partial charge on any atom is 0.314 e. The lowest BCUT2D eigenvalue weighted by molar-refractivity contribution is -0.145. The topological polar surface area (TPSA) is 26.3 Å². The van der Waals surface area contributed by atoms with Crippen molar-refractivity contribution in [2.24, 2.45) is 5.92 Å². The molecule has 0 N–H and O–H groups in total. The van der Waals surface area contributed by atoms with E-state index in [1.165, 1.54) is 21.9 Å². The second-order valence-electron chi connectivity index (χ2n) is 6.18. The predicted molar refractivity (Wildman–Crippen MR) is 88.6 cm³/mol. The number of carbonyl (C=O) groups is 1. The first-order valence-corrected chi connectivity index (χ1v) is 8.20. The minimum absolute atomic E-state index is 0.0608. The molecule has 2 aliphatic rings. The fourth-order valence-electron chi connectivity index (χ4n) is 4.15. The molecule has 2 atom stereocenters. The maximum absolute atomic E-state index is 12.5. The summed E-state index contributed by atoms with van der Waals surface area (Å²) in [7, 11) is 0. The zero-order chi connectivity index (χ0) is 15.1. The van der Waals surface area contributed by atoms with Gasteiger partial charge in [-0.05, 0) is 53.7 Å². The molecule has 2 aromatic rings. The molecule has 0 saturated carbocycles. The standard InChI is InChI=1S/C20H20O2/c1-2-22-20(21)19-16-10-6-5-9-15(16)18-14-8-4-3-7-13(14)11-12-17(18)19/h3-4,7-9,11-12,16,19H,2,5-6,10H2,1H3. The predicted octanol–water partition coefficient (Wildman–Crippen LogP) is 4.68. The summed E-state index contributed by atoms with van der Waals surface area (Å²) in [6, 6.07) is 12.7. The number of hydrogen-bond donors (Lipinski definition) is 0. The summed E-state index contributed by atoms with van der Waals surface area (Å²) in [5.41, 5.74) is 3.83. The van der Waals surface area contributed by atoms with Gasteiger partial charge in [0, 0.05) is 5.92 Å². The SMILES string of the molecule is CCOC(=O)C1c2ccc3ccccc3c2C2=CCCCC21. The third-order valence-electron chi connectivity index (χ3n) is 5.01. The van der Waals surface area contributed by atoms with Gasteiger partial charge in [-0.2, -0.15) is 0 Å². The number of allylic oxidation sites excluding steroid dienone is 2. The van der Waals surface area contributed by atoms with E-state index in [1.807, 2.05) is 6.92 Å². The Bertz CT molecular complexity index is 772. The Morgan fingerprint density at radius 1 is 1.23 bits per heavy atom. The fourth-order valence-corrected chi connectivity index (χ4v) is 4.15. The molecule has 0 spiro atoms. The molecule has 0 fully saturated rings. The highest BCUT2D eigenvalue weighted by Gasteiger charge is 2.43. The van der Waals surface area contributed by atoms with Crippen molar-refractivity contribution in [3.05, 3.63) is 53.6 Å². The summed E-state index contributed by atoms with van der Waals surface area (Å²) in [5, 5.41) is 2.51. The van der Waals surface area contributed by atoms with Crippen molar-refractivity contribution in [3.8, 4) is 0 Å². The third-order valence-corrected chi connectivity index (χ3v) is 5.01. The Balaban J connectivity index is 1.96. The van der Waals surface area contributed by atoms with Gasteiger partial charge in [-0.1, -0.05) is 42.5 Å². The number of rotatable bonds is 2. The van der Waals surface area contributed by atoms with Gasteiger partial charge in [-0.15, -0.1) is 0 Å². The molecule has 2 nitrogen and oxygen atoms in total. The number of hydrogen-bond acceptors (Lipinski definition) is 2. The molecule has 0 heterocycles. The molecular weight excluding hydrogens is 272 g/mol. The number of benzene rings is 2. The van der Waals surface area contributed by atoms with Crippen LogP contribution in [0.25, 0.3) is 16.3 Å². The first-order valence-electron chi connectivity index (χ1n) is 8.20. The lowest BCUT2D eigenvalue weighted by atomic mass is 9.82. The van der Waals surface area contributed by atoms with Crippen LogP contribution in [0.2, 0.25) is 0 Å². The lowest BCUT2D eigenvalue weighted by Gasteiger charge is -2.22. The van der Waals surface area contributed by atoms with Gasteiger partial charge >= 0.3 is 5.97 Å². The van der Waals surface area contributed by atoms with Crippen molar-refractivity contribution in [1.82, 2.24) is 0 Å². The highest BCUT2D eigenvalue weighted by Crippen LogP contribution is 2.52. The second kappa shape index (κ2) is 5.28. The van der Waals surface area contributed by atoms with Crippen molar-refractivity contribution in [2.75, 3.05) is 6.61 Å². The number of fused-ring (bicyclic) bond motifs is 5. The van der Waals surface area contributed by atoms with Gasteiger partial charge in [-0.3, -0.25) is 4.79 Å². The van der Waals surface area contributed by atoms with Crippen molar-refractivity contribution >= 4 is 22.3 Å². The van der Waals surface area contributed by atoms with E-state index in [2.05, 4.69) is 42.5 Å². The van der Waals surface area contributed by atoms with Crippen LogP contribution in [0.15, 0.2) is 42.5 Å². The average molecular weight is 292 g/mol. The molecule has 4 rings (SSSR count). The van der Waals surface area contributed by atoms with Gasteiger partial charge in [-0.25, -0.2) is 0 Å². The van der Waals surface area contributed by atoms with E-state index < -0.39 is 0 Å². The summed E-state index contributed by atoms with van der Waals surface area (Å²) in [6.45, 7) is 2.33. The maximum atomic E-state index is 12.5. The van der Waals surface area contributed by atoms with Crippen molar-refractivity contribution in [1.29, 1.82) is 0 Å². The third kappa shape index (κ3) is 1.90. The summed E-state index contributed by atoms with van der Waals surface area (Å²) in [4.78, 5) is 12.5. The van der Waals surface area contributed by atoms with E-state index >= 15 is 0 Å². The Labute approximate surface area is 130 Å². The van der Waals surface area contributed by atoms with Crippen molar-refractivity contribution in [2.45, 2.75) is 32.1 Å². The molecular formula is C20H20O2. The Morgan fingerprint density at radius 3 is 2.95 bits per heavy atom. The summed E-state index contributed by atoms with van der Waals surface area (Å²) < 4.78 is 5.38. The molecule has 0 amide bonds. The number of carbonyl (C=O) groups excluding carboxylic acids is 1. The van der Waals surface area contributed by atoms with E-state index in [0.29, 0.717) is 12.5 Å². The van der Waals surface area contributed by atoms with Crippen LogP contribution in [0.1, 0.15) is 43.2 Å². The van der Waals surface area contributed by atoms with E-state index in [0.717, 1.165) is 24.8 Å². The van der Waals surface area contributed by atoms with Gasteiger partial charge in [0.15, 0.2) is 0 Å². The monoisotopic (exact) mass is 292 g/mol. The summed E-state index contributed by atoms with van der Waals surface area (Å²) in [6.07, 6.45) is 5.71. The molecule has 0 aromatic heterocycles. The fraction of sp³-hybridized carbons (Fsp3) is 0.350. The van der Waals surface area contributed by atoms with Gasteiger partial charge in [0.05, 0.1) is 12.5 Å². The minimum atomic E-state index is -0.119. The second-order valence-corrected chi connectivity index (χ2v) is 6.18. The first kappa shape index (κ1) is 13.6. The van der Waals surface area contributed by atoms with Crippen LogP contribution >= 0.6 is 0 Å². The van der Waals surface area contributed by atoms with Crippen LogP contribution in [0.3, 0.4) is 0 Å². The molecule has 2 aliphatic carbocycles. The molecule has 2 heteroatoms. The first-order chi connectivity index (χ1) is 10.8. The van der Waals surface area contributed by atoms with Gasteiger partial charge < -0.3 is 4.74 Å². The Kier molecular flexibility index (Phi) is 3.25. The number of ether oxygens (including phenoxy) is 1. The average Bonchev–Trinajstić information content (AvgIpc) is 2.90. The lowest BCUT2D eigenvalue weighted by Crippen LogP contribution is -2.21. The molecule has 2 unspecified atom stereocenters. The highest BCUT2D eigenvalue weighted by atomic mass is 16.5. The normalized spacial score (nSPS) is 22.9. The van der Waals surface area contributed by atoms with Crippen LogP contribution in [0.5, 0.6) is 0 Å². The minimum Gasteiger partial charge on any atom is -0.466 e. The Morgan fingerprint density at radius 2 is 2.09 bits per heavy atom. The van der Waals surface area contributed by atoms with Crippen molar-refractivity contribution < 1.29 is 9.53 Å². The van der Waals surface area contributed by atoms with E-state index in [1.54, 1.807) is 0 Å². The van der Waals surface area contributed by atoms with Crippen LogP contribution in [0.4, 0.5) is 0 Å². The summed E-state index contributed by atoms with van der Waals surface area (Å²) >= 11 is 0. The van der Waals surface area contributed by atoms with E-state index in [4.69, 9.17) is 4.74 Å². The van der Waals surface area contributed by atoms with Crippen molar-refractivity contribution in [3.63, 3.8) is 0 Å². The molecule has 0 saturated heterocycles. The molecule has 2 aromatic carbocycles. The van der Waals surface area contributed by atoms with E-state index in [9.17, 15) is 4.79 Å². The largest absolute Gasteiger partial charge is 0.466 e. The van der Waals surface area contributed by atoms with Crippen LogP contribution in [-0.2, 0) is 9.53 Å². The molecule has 0 radical (unpaired) electrons. The highest BCUT2D eigenvalue weighted by molar-refractivity contribution is 6.01. The zero-order valence-electron chi connectivity index (χ0n) is 12.8. The quantitative estimate of drug-likeness (QED) is 0.751. The van der Waals surface area contributed by atoms with E-state index in [-0.39, 0.29) is 11.9 Å². The molecule has 0 aliphatic heterocycles. The number of esters is 1. The van der Waals surface area contributed by atoms with Gasteiger partial charge in [0.1, 0.15) is 0 Å². The Hall–Kier alpha value is -2.09. The zero-order valence-corrected chi connectivity index (χ0v) is 12.8. The smallest absolute Gasteiger partial charge is 0.314 e. The molecule has 112 valence electrons. The molecule has 0 bridgehead atoms. The van der Waals surface area contributed by atoms with Crippen LogP contribution < -0.4 is 0 Å². The molecule has 22 heavy (non-hydrogen) atoms. The van der Waals surface area contributed by atoms with Crippen LogP contribution in [-0.4, -0.2) is 12.6 Å². The van der Waals surface area contributed by atoms with Crippen LogP contribution in [0, 0.1) is 5.92 Å². The van der Waals surface area contributed by atoms with Gasteiger partial charge in [0.25, 0.3) is 0 Å². The summed E-state index contributed by atoms with van der Waals surface area (Å²) in [5.74, 6) is 0.119. The van der Waals surface area contributed by atoms with Gasteiger partial charge in [0.2, 0.25) is 0 Å².